The molecule has 0 aliphatic heterocycles. The normalized spacial score (nSPS) is 11.5. The Hall–Kier alpha value is -3.42. The van der Waals surface area contributed by atoms with Gasteiger partial charge in [0.25, 0.3) is 0 Å². The van der Waals surface area contributed by atoms with Crippen molar-refractivity contribution in [3.8, 4) is 17.2 Å². The molecular formula is C31H45NO7. The summed E-state index contributed by atoms with van der Waals surface area (Å²) in [6.07, 6.45) is 11.0. The number of rotatable bonds is 22. The van der Waals surface area contributed by atoms with Gasteiger partial charge in [-0.3, -0.25) is 9.59 Å². The van der Waals surface area contributed by atoms with Gasteiger partial charge in [0, 0.05) is 30.3 Å². The van der Waals surface area contributed by atoms with Crippen molar-refractivity contribution in [1.29, 1.82) is 0 Å². The first-order chi connectivity index (χ1) is 18.9. The van der Waals surface area contributed by atoms with E-state index in [0.29, 0.717) is 36.8 Å². The monoisotopic (exact) mass is 543 g/mol. The lowest BCUT2D eigenvalue weighted by atomic mass is 10.1. The first-order valence-electron chi connectivity index (χ1n) is 14.2. The van der Waals surface area contributed by atoms with Crippen molar-refractivity contribution in [2.45, 2.75) is 84.2 Å². The van der Waals surface area contributed by atoms with Crippen LogP contribution in [0.15, 0.2) is 48.5 Å². The standard InChI is InChI=1S/C31H45NO7/c1-3-5-6-7-8-9-10-14-18-37-28-20-25(32(23-30(33)34)24-31(35)36)21-29(22-28)38-19-17-26(4-2)39-27-15-12-11-13-16-27/h11-13,15-16,20-22,26H,3-10,14,17-19,23-24H2,1-2H3,(H,33,34)(H,35,36). The molecule has 0 fully saturated rings. The van der Waals surface area contributed by atoms with E-state index in [1.807, 2.05) is 30.3 Å². The highest BCUT2D eigenvalue weighted by atomic mass is 16.5. The largest absolute Gasteiger partial charge is 0.493 e. The maximum Gasteiger partial charge on any atom is 0.323 e. The fraction of sp³-hybridized carbons (Fsp3) is 0.548. The summed E-state index contributed by atoms with van der Waals surface area (Å²) < 4.78 is 18.1. The highest BCUT2D eigenvalue weighted by Gasteiger charge is 2.17. The lowest BCUT2D eigenvalue weighted by Gasteiger charge is -2.23. The molecule has 0 aliphatic rings. The zero-order chi connectivity index (χ0) is 28.3. The molecular weight excluding hydrogens is 498 g/mol. The van der Waals surface area contributed by atoms with E-state index < -0.39 is 25.0 Å². The Kier molecular flexibility index (Phi) is 15.3. The summed E-state index contributed by atoms with van der Waals surface area (Å²) in [6.45, 7) is 4.28. The molecule has 2 N–H and O–H groups in total. The van der Waals surface area contributed by atoms with E-state index in [-0.39, 0.29) is 6.10 Å². The Morgan fingerprint density at radius 2 is 1.31 bits per heavy atom. The topological polar surface area (TPSA) is 106 Å². The maximum absolute atomic E-state index is 11.4. The van der Waals surface area contributed by atoms with E-state index in [2.05, 4.69) is 13.8 Å². The molecule has 216 valence electrons. The predicted molar refractivity (Wildman–Crippen MR) is 153 cm³/mol. The molecule has 8 nitrogen and oxygen atoms in total. The molecule has 0 spiro atoms. The van der Waals surface area contributed by atoms with Crippen molar-refractivity contribution >= 4 is 17.6 Å². The molecule has 0 saturated heterocycles. The van der Waals surface area contributed by atoms with Crippen LogP contribution in [0, 0.1) is 0 Å². The summed E-state index contributed by atoms with van der Waals surface area (Å²) in [5.74, 6) is -0.408. The second-order valence-corrected chi connectivity index (χ2v) is 9.73. The molecule has 0 bridgehead atoms. The summed E-state index contributed by atoms with van der Waals surface area (Å²) in [4.78, 5) is 24.1. The number of anilines is 1. The Morgan fingerprint density at radius 3 is 1.87 bits per heavy atom. The summed E-state index contributed by atoms with van der Waals surface area (Å²) in [5.41, 5.74) is 0.427. The Bertz CT molecular complexity index is 951. The lowest BCUT2D eigenvalue weighted by molar-refractivity contribution is -0.136. The highest BCUT2D eigenvalue weighted by Crippen LogP contribution is 2.29. The van der Waals surface area contributed by atoms with Gasteiger partial charge < -0.3 is 29.3 Å². The van der Waals surface area contributed by atoms with Crippen LogP contribution < -0.4 is 19.1 Å². The van der Waals surface area contributed by atoms with Gasteiger partial charge in [-0.05, 0) is 25.0 Å². The van der Waals surface area contributed by atoms with E-state index in [9.17, 15) is 19.8 Å². The minimum absolute atomic E-state index is 0.0243. The highest BCUT2D eigenvalue weighted by molar-refractivity contribution is 5.80. The lowest BCUT2D eigenvalue weighted by Crippen LogP contribution is -2.34. The van der Waals surface area contributed by atoms with Gasteiger partial charge in [0.1, 0.15) is 36.4 Å². The Balaban J connectivity index is 2.01. The van der Waals surface area contributed by atoms with Crippen molar-refractivity contribution in [3.63, 3.8) is 0 Å². The van der Waals surface area contributed by atoms with E-state index >= 15 is 0 Å². The zero-order valence-electron chi connectivity index (χ0n) is 23.5. The van der Waals surface area contributed by atoms with Gasteiger partial charge in [-0.2, -0.15) is 0 Å². The van der Waals surface area contributed by atoms with Crippen LogP contribution in [0.4, 0.5) is 5.69 Å². The SMILES string of the molecule is CCCCCCCCCCOc1cc(OCCC(CC)Oc2ccccc2)cc(N(CC(=O)O)CC(=O)O)c1. The third-order valence-corrected chi connectivity index (χ3v) is 6.36. The number of carboxylic acids is 2. The van der Waals surface area contributed by atoms with Crippen molar-refractivity contribution < 1.29 is 34.0 Å². The average Bonchev–Trinajstić information content (AvgIpc) is 2.91. The molecule has 0 heterocycles. The van der Waals surface area contributed by atoms with Gasteiger partial charge in [0.2, 0.25) is 0 Å². The van der Waals surface area contributed by atoms with Crippen LogP contribution >= 0.6 is 0 Å². The van der Waals surface area contributed by atoms with Gasteiger partial charge in [0.05, 0.1) is 13.2 Å². The van der Waals surface area contributed by atoms with Crippen LogP contribution in [0.3, 0.4) is 0 Å². The molecule has 8 heteroatoms. The molecule has 0 amide bonds. The Labute approximate surface area is 232 Å². The summed E-state index contributed by atoms with van der Waals surface area (Å²) in [6, 6.07) is 14.7. The minimum Gasteiger partial charge on any atom is -0.493 e. The van der Waals surface area contributed by atoms with Crippen molar-refractivity contribution in [1.82, 2.24) is 0 Å². The maximum atomic E-state index is 11.4. The molecule has 39 heavy (non-hydrogen) atoms. The third kappa shape index (κ3) is 13.8. The number of nitrogens with zero attached hydrogens (tertiary/aromatic N) is 1. The molecule has 2 aromatic rings. The number of ether oxygens (including phenoxy) is 3. The minimum atomic E-state index is -1.12. The van der Waals surface area contributed by atoms with Crippen LogP contribution in [0.1, 0.15) is 78.1 Å². The molecule has 2 rings (SSSR count). The molecule has 0 saturated carbocycles. The zero-order valence-corrected chi connectivity index (χ0v) is 23.5. The molecule has 0 aliphatic carbocycles. The van der Waals surface area contributed by atoms with Gasteiger partial charge in [-0.25, -0.2) is 0 Å². The number of hydrogen-bond donors (Lipinski definition) is 2. The van der Waals surface area contributed by atoms with E-state index in [0.717, 1.165) is 25.0 Å². The van der Waals surface area contributed by atoms with Crippen molar-refractivity contribution in [2.24, 2.45) is 0 Å². The van der Waals surface area contributed by atoms with Crippen molar-refractivity contribution in [3.05, 3.63) is 48.5 Å². The third-order valence-electron chi connectivity index (χ3n) is 6.36. The Morgan fingerprint density at radius 1 is 0.744 bits per heavy atom. The first kappa shape index (κ1) is 31.8. The molecule has 1 unspecified atom stereocenters. The number of carbonyl (C=O) groups is 2. The molecule has 1 atom stereocenters. The number of aliphatic carboxylic acids is 2. The van der Waals surface area contributed by atoms with E-state index in [4.69, 9.17) is 14.2 Å². The second-order valence-electron chi connectivity index (χ2n) is 9.73. The van der Waals surface area contributed by atoms with Crippen LogP contribution in [0.2, 0.25) is 0 Å². The summed E-state index contributed by atoms with van der Waals surface area (Å²) in [5, 5.41) is 18.7. The summed E-state index contributed by atoms with van der Waals surface area (Å²) >= 11 is 0. The first-order valence-corrected chi connectivity index (χ1v) is 14.2. The number of unbranched alkanes of at least 4 members (excludes halogenated alkanes) is 7. The number of hydrogen-bond acceptors (Lipinski definition) is 6. The van der Waals surface area contributed by atoms with Crippen LogP contribution in [0.5, 0.6) is 17.2 Å². The molecule has 2 aromatic carbocycles. The number of carboxylic acid groups (broad SMARTS) is 2. The van der Waals surface area contributed by atoms with E-state index in [1.165, 1.54) is 43.4 Å². The molecule has 0 radical (unpaired) electrons. The van der Waals surface area contributed by atoms with Gasteiger partial charge in [-0.15, -0.1) is 0 Å². The number of benzene rings is 2. The quantitative estimate of drug-likeness (QED) is 0.156. The van der Waals surface area contributed by atoms with Crippen LogP contribution in [-0.2, 0) is 9.59 Å². The fourth-order valence-corrected chi connectivity index (χ4v) is 4.24. The van der Waals surface area contributed by atoms with Gasteiger partial charge in [-0.1, -0.05) is 77.0 Å². The van der Waals surface area contributed by atoms with E-state index in [1.54, 1.807) is 18.2 Å². The van der Waals surface area contributed by atoms with Crippen LogP contribution in [0.25, 0.3) is 0 Å². The molecule has 0 aromatic heterocycles. The van der Waals surface area contributed by atoms with Crippen molar-refractivity contribution in [2.75, 3.05) is 31.2 Å². The second kappa shape index (κ2) is 18.8. The smallest absolute Gasteiger partial charge is 0.323 e. The average molecular weight is 544 g/mol. The predicted octanol–water partition coefficient (Wildman–Crippen LogP) is 6.81. The summed E-state index contributed by atoms with van der Waals surface area (Å²) in [7, 11) is 0. The van der Waals surface area contributed by atoms with Gasteiger partial charge >= 0.3 is 11.9 Å². The number of para-hydroxylation sites is 1. The van der Waals surface area contributed by atoms with Crippen LogP contribution in [-0.4, -0.2) is 54.6 Å². The fourth-order valence-electron chi connectivity index (χ4n) is 4.24. The van der Waals surface area contributed by atoms with Gasteiger partial charge in [0.15, 0.2) is 0 Å².